The first-order valence-corrected chi connectivity index (χ1v) is 12.3. The number of aliphatic hydroxyl groups excluding tert-OH is 1. The lowest BCUT2D eigenvalue weighted by atomic mass is 10.0. The molecular weight excluding hydrogens is 428 g/mol. The summed E-state index contributed by atoms with van der Waals surface area (Å²) in [7, 11) is -3.47. The molecule has 0 aliphatic rings. The van der Waals surface area contributed by atoms with Gasteiger partial charge in [0, 0.05) is 24.6 Å². The van der Waals surface area contributed by atoms with Gasteiger partial charge < -0.3 is 14.4 Å². The first-order valence-electron chi connectivity index (χ1n) is 10.4. The van der Waals surface area contributed by atoms with Crippen molar-refractivity contribution >= 4 is 15.8 Å². The van der Waals surface area contributed by atoms with Crippen LogP contribution in [-0.4, -0.2) is 41.9 Å². The van der Waals surface area contributed by atoms with Gasteiger partial charge in [0.2, 0.25) is 0 Å². The van der Waals surface area contributed by atoms with Crippen molar-refractivity contribution < 1.29 is 23.1 Å². The van der Waals surface area contributed by atoms with E-state index in [-0.39, 0.29) is 23.8 Å². The Morgan fingerprint density at radius 2 is 1.78 bits per heavy atom. The number of ether oxygens (including phenoxy) is 1. The number of hydrogen-bond acceptors (Lipinski definition) is 6. The molecule has 0 atom stereocenters. The minimum Gasteiger partial charge on any atom is -0.461 e. The molecule has 1 heterocycles. The maximum Gasteiger partial charge on any atom is 0.358 e. The van der Waals surface area contributed by atoms with Crippen LogP contribution in [-0.2, 0) is 27.6 Å². The van der Waals surface area contributed by atoms with Crippen molar-refractivity contribution in [2.45, 2.75) is 38.7 Å². The van der Waals surface area contributed by atoms with Gasteiger partial charge in [-0.1, -0.05) is 38.1 Å². The van der Waals surface area contributed by atoms with E-state index in [1.54, 1.807) is 31.3 Å². The molecule has 0 aliphatic heterocycles. The largest absolute Gasteiger partial charge is 0.461 e. The molecule has 1 N–H and O–H groups in total. The number of imidazole rings is 1. The monoisotopic (exact) mass is 456 g/mol. The van der Waals surface area contributed by atoms with Crippen LogP contribution in [0.3, 0.4) is 0 Å². The molecule has 0 radical (unpaired) electrons. The van der Waals surface area contributed by atoms with E-state index < -0.39 is 15.8 Å². The number of carbonyl (C=O) groups is 1. The summed E-state index contributed by atoms with van der Waals surface area (Å²) >= 11 is 0. The van der Waals surface area contributed by atoms with Gasteiger partial charge in [0.1, 0.15) is 5.82 Å². The van der Waals surface area contributed by atoms with Gasteiger partial charge in [-0.3, -0.25) is 0 Å². The molecule has 8 heteroatoms. The number of esters is 1. The fourth-order valence-corrected chi connectivity index (χ4v) is 4.43. The number of rotatable bonds is 8. The summed E-state index contributed by atoms with van der Waals surface area (Å²) in [5, 5.41) is 9.46. The molecular formula is C24H28N2O5S. The summed E-state index contributed by atoms with van der Waals surface area (Å²) < 4.78 is 31.2. The zero-order valence-corrected chi connectivity index (χ0v) is 19.5. The quantitative estimate of drug-likeness (QED) is 0.518. The minimum absolute atomic E-state index is 0.120. The highest BCUT2D eigenvalue weighted by molar-refractivity contribution is 7.90. The van der Waals surface area contributed by atoms with E-state index in [0.29, 0.717) is 17.9 Å². The highest BCUT2D eigenvalue weighted by Crippen LogP contribution is 2.27. The number of nitrogens with zero attached hydrogens (tertiary/aromatic N) is 2. The Balaban J connectivity index is 1.99. The Morgan fingerprint density at radius 3 is 2.34 bits per heavy atom. The van der Waals surface area contributed by atoms with Gasteiger partial charge in [0.25, 0.3) is 0 Å². The van der Waals surface area contributed by atoms with E-state index in [1.807, 2.05) is 28.8 Å². The maximum absolute atomic E-state index is 12.2. The van der Waals surface area contributed by atoms with Crippen molar-refractivity contribution in [2.24, 2.45) is 5.92 Å². The smallest absolute Gasteiger partial charge is 0.358 e. The summed E-state index contributed by atoms with van der Waals surface area (Å²) in [6.07, 6.45) is 3.51. The van der Waals surface area contributed by atoms with Crippen molar-refractivity contribution in [3.8, 4) is 16.8 Å². The second kappa shape index (κ2) is 9.67. The van der Waals surface area contributed by atoms with Crippen LogP contribution < -0.4 is 0 Å². The van der Waals surface area contributed by atoms with Crippen LogP contribution in [0.25, 0.3) is 16.8 Å². The van der Waals surface area contributed by atoms with Crippen LogP contribution in [0.1, 0.15) is 42.6 Å². The van der Waals surface area contributed by atoms with Gasteiger partial charge in [-0.15, -0.1) is 0 Å². The number of aliphatic hydroxyl groups is 1. The van der Waals surface area contributed by atoms with Gasteiger partial charge in [-0.05, 0) is 47.7 Å². The van der Waals surface area contributed by atoms with Gasteiger partial charge in [-0.25, -0.2) is 18.2 Å². The van der Waals surface area contributed by atoms with Crippen molar-refractivity contribution in [2.75, 3.05) is 12.9 Å². The summed E-state index contributed by atoms with van der Waals surface area (Å²) in [4.78, 5) is 16.8. The normalized spacial score (nSPS) is 11.7. The summed E-state index contributed by atoms with van der Waals surface area (Å²) in [6, 6.07) is 12.6. The molecule has 2 aromatic carbocycles. The lowest BCUT2D eigenvalue weighted by molar-refractivity contribution is 0.0520. The Labute approximate surface area is 188 Å². The third-order valence-electron chi connectivity index (χ3n) is 4.97. The zero-order valence-electron chi connectivity index (χ0n) is 18.7. The fourth-order valence-electron chi connectivity index (χ4n) is 3.48. The average Bonchev–Trinajstić information content (AvgIpc) is 3.16. The number of carbonyl (C=O) groups excluding carboxylic acids is 1. The molecule has 170 valence electrons. The Morgan fingerprint density at radius 1 is 1.12 bits per heavy atom. The molecule has 32 heavy (non-hydrogen) atoms. The first kappa shape index (κ1) is 23.7. The van der Waals surface area contributed by atoms with Crippen molar-refractivity contribution in [1.29, 1.82) is 0 Å². The van der Waals surface area contributed by atoms with Crippen molar-refractivity contribution in [3.05, 3.63) is 65.7 Å². The summed E-state index contributed by atoms with van der Waals surface area (Å²) in [6.45, 7) is 5.86. The SMILES string of the molecule is CCOC(=O)c1cn(-c2ccc(-c3ccc(CO)c(S(C)(=O)=O)c3)cc2)c(CC(C)C)n1. The lowest BCUT2D eigenvalue weighted by Gasteiger charge is -2.12. The average molecular weight is 457 g/mol. The molecule has 0 saturated carbocycles. The van der Waals surface area contributed by atoms with Gasteiger partial charge in [0.15, 0.2) is 15.5 Å². The van der Waals surface area contributed by atoms with Crippen LogP contribution in [0.2, 0.25) is 0 Å². The first-order chi connectivity index (χ1) is 15.1. The van der Waals surface area contributed by atoms with Gasteiger partial charge in [0.05, 0.1) is 18.1 Å². The van der Waals surface area contributed by atoms with Crippen LogP contribution in [0.4, 0.5) is 0 Å². The highest BCUT2D eigenvalue weighted by atomic mass is 32.2. The molecule has 1 aromatic heterocycles. The van der Waals surface area contributed by atoms with Gasteiger partial charge >= 0.3 is 5.97 Å². The van der Waals surface area contributed by atoms with Crippen LogP contribution >= 0.6 is 0 Å². The molecule has 0 saturated heterocycles. The maximum atomic E-state index is 12.2. The predicted octanol–water partition coefficient (Wildman–Crippen LogP) is 3.81. The van der Waals surface area contributed by atoms with Crippen LogP contribution in [0.15, 0.2) is 53.6 Å². The molecule has 7 nitrogen and oxygen atoms in total. The topological polar surface area (TPSA) is 98.5 Å². The highest BCUT2D eigenvalue weighted by Gasteiger charge is 2.18. The molecule has 3 rings (SSSR count). The Hall–Kier alpha value is -2.97. The van der Waals surface area contributed by atoms with Crippen molar-refractivity contribution in [1.82, 2.24) is 9.55 Å². The van der Waals surface area contributed by atoms with Crippen LogP contribution in [0.5, 0.6) is 0 Å². The predicted molar refractivity (Wildman–Crippen MR) is 123 cm³/mol. The number of sulfone groups is 1. The molecule has 3 aromatic rings. The number of hydrogen-bond donors (Lipinski definition) is 1. The van der Waals surface area contributed by atoms with E-state index in [9.17, 15) is 18.3 Å². The molecule has 0 spiro atoms. The second-order valence-corrected chi connectivity index (χ2v) is 10.0. The van der Waals surface area contributed by atoms with Crippen LogP contribution in [0, 0.1) is 5.92 Å². The second-order valence-electron chi connectivity index (χ2n) is 8.03. The Kier molecular flexibility index (Phi) is 7.16. The van der Waals surface area contributed by atoms with E-state index in [4.69, 9.17) is 4.74 Å². The molecule has 0 amide bonds. The molecule has 0 fully saturated rings. The molecule has 0 bridgehead atoms. The standard InChI is InChI=1S/C24H28N2O5S/c1-5-31-24(28)21-14-26(23(25-21)12-16(2)3)20-10-8-17(9-11-20)18-6-7-19(15-27)22(13-18)32(4,29)30/h6-11,13-14,16,27H,5,12,15H2,1-4H3. The van der Waals surface area contributed by atoms with Crippen molar-refractivity contribution in [3.63, 3.8) is 0 Å². The summed E-state index contributed by atoms with van der Waals surface area (Å²) in [5.74, 6) is 0.664. The minimum atomic E-state index is -3.47. The van der Waals surface area contributed by atoms with E-state index in [2.05, 4.69) is 18.8 Å². The third-order valence-corrected chi connectivity index (χ3v) is 6.15. The number of benzene rings is 2. The summed E-state index contributed by atoms with van der Waals surface area (Å²) in [5.41, 5.74) is 3.04. The number of aromatic nitrogens is 2. The fraction of sp³-hybridized carbons (Fsp3) is 0.333. The molecule has 0 unspecified atom stereocenters. The molecule has 0 aliphatic carbocycles. The third kappa shape index (κ3) is 5.26. The van der Waals surface area contributed by atoms with E-state index in [1.165, 1.54) is 0 Å². The lowest BCUT2D eigenvalue weighted by Crippen LogP contribution is -2.05. The van der Waals surface area contributed by atoms with E-state index in [0.717, 1.165) is 28.9 Å². The van der Waals surface area contributed by atoms with E-state index >= 15 is 0 Å². The zero-order chi connectivity index (χ0) is 23.5. The van der Waals surface area contributed by atoms with Gasteiger partial charge in [-0.2, -0.15) is 0 Å². The Bertz CT molecular complexity index is 1210.